The van der Waals surface area contributed by atoms with Gasteiger partial charge >= 0.3 is 0 Å². The molecular formula is C16H14F2N2S. The molecule has 0 saturated carbocycles. The van der Waals surface area contributed by atoms with Crippen LogP contribution in [0.15, 0.2) is 47.8 Å². The van der Waals surface area contributed by atoms with E-state index < -0.39 is 11.6 Å². The van der Waals surface area contributed by atoms with Crippen molar-refractivity contribution in [1.29, 1.82) is 0 Å². The first-order valence-corrected chi connectivity index (χ1v) is 7.43. The number of hydrogen-bond acceptors (Lipinski definition) is 3. The quantitative estimate of drug-likeness (QED) is 0.566. The maximum Gasteiger partial charge on any atom is 0.129 e. The van der Waals surface area contributed by atoms with E-state index in [0.717, 1.165) is 21.7 Å². The Morgan fingerprint density at radius 3 is 2.76 bits per heavy atom. The van der Waals surface area contributed by atoms with Crippen LogP contribution in [0.3, 0.4) is 0 Å². The minimum atomic E-state index is -0.575. The second-order valence-electron chi connectivity index (χ2n) is 4.85. The number of rotatable bonds is 4. The van der Waals surface area contributed by atoms with Crippen LogP contribution in [0.1, 0.15) is 17.2 Å². The number of nitrogens with one attached hydrogen (secondary N) is 1. The number of benzene rings is 2. The van der Waals surface area contributed by atoms with Crippen LogP contribution in [0.5, 0.6) is 0 Å². The third-order valence-corrected chi connectivity index (χ3v) is 4.50. The van der Waals surface area contributed by atoms with Crippen LogP contribution < -0.4 is 11.3 Å². The summed E-state index contributed by atoms with van der Waals surface area (Å²) in [5.41, 5.74) is 4.20. The third kappa shape index (κ3) is 2.81. The zero-order valence-electron chi connectivity index (χ0n) is 11.1. The molecule has 5 heteroatoms. The maximum absolute atomic E-state index is 13.8. The van der Waals surface area contributed by atoms with E-state index in [1.165, 1.54) is 12.1 Å². The highest BCUT2D eigenvalue weighted by atomic mass is 32.1. The Bertz CT molecular complexity index is 770. The summed E-state index contributed by atoms with van der Waals surface area (Å²) in [5.74, 6) is 4.53. The minimum Gasteiger partial charge on any atom is -0.271 e. The predicted molar refractivity (Wildman–Crippen MR) is 82.0 cm³/mol. The van der Waals surface area contributed by atoms with Crippen LogP contribution >= 0.6 is 11.3 Å². The highest BCUT2D eigenvalue weighted by molar-refractivity contribution is 7.17. The number of hydrogen-bond donors (Lipinski definition) is 2. The van der Waals surface area contributed by atoms with E-state index in [1.807, 2.05) is 29.6 Å². The molecule has 3 N–H and O–H groups in total. The summed E-state index contributed by atoms with van der Waals surface area (Å²) in [6.07, 6.45) is 0.361. The highest BCUT2D eigenvalue weighted by Crippen LogP contribution is 2.30. The summed E-state index contributed by atoms with van der Waals surface area (Å²) in [7, 11) is 0. The van der Waals surface area contributed by atoms with E-state index in [4.69, 9.17) is 5.84 Å². The molecule has 21 heavy (non-hydrogen) atoms. The highest BCUT2D eigenvalue weighted by Gasteiger charge is 2.16. The average Bonchev–Trinajstić information content (AvgIpc) is 2.95. The van der Waals surface area contributed by atoms with Crippen molar-refractivity contribution in [3.63, 3.8) is 0 Å². The van der Waals surface area contributed by atoms with Gasteiger partial charge in [-0.15, -0.1) is 11.3 Å². The van der Waals surface area contributed by atoms with E-state index in [0.29, 0.717) is 12.0 Å². The van der Waals surface area contributed by atoms with Crippen molar-refractivity contribution in [2.75, 3.05) is 0 Å². The van der Waals surface area contributed by atoms with Crippen molar-refractivity contribution in [2.45, 2.75) is 12.5 Å². The first-order valence-electron chi connectivity index (χ1n) is 6.55. The molecule has 0 bridgehead atoms. The normalized spacial score (nSPS) is 12.7. The number of hydrazine groups is 1. The van der Waals surface area contributed by atoms with E-state index >= 15 is 0 Å². The summed E-state index contributed by atoms with van der Waals surface area (Å²) in [4.78, 5) is 0. The van der Waals surface area contributed by atoms with E-state index in [-0.39, 0.29) is 6.04 Å². The van der Waals surface area contributed by atoms with Gasteiger partial charge in [-0.05, 0) is 40.4 Å². The second kappa shape index (κ2) is 5.89. The number of nitrogens with two attached hydrogens (primary N) is 1. The zero-order chi connectivity index (χ0) is 14.8. The monoisotopic (exact) mass is 304 g/mol. The van der Waals surface area contributed by atoms with Crippen molar-refractivity contribution in [2.24, 2.45) is 5.84 Å². The SMILES string of the molecule is NNC(Cc1ccc(F)cc1F)c1cccc2ccsc12. The van der Waals surface area contributed by atoms with Gasteiger partial charge in [-0.25, -0.2) is 8.78 Å². The molecule has 0 spiro atoms. The molecule has 0 aliphatic heterocycles. The number of halogens is 2. The van der Waals surface area contributed by atoms with E-state index in [2.05, 4.69) is 5.43 Å². The van der Waals surface area contributed by atoms with Gasteiger partial charge < -0.3 is 0 Å². The van der Waals surface area contributed by atoms with Crippen LogP contribution in [0.25, 0.3) is 10.1 Å². The summed E-state index contributed by atoms with van der Waals surface area (Å²) in [5, 5.41) is 3.15. The van der Waals surface area contributed by atoms with Crippen molar-refractivity contribution >= 4 is 21.4 Å². The van der Waals surface area contributed by atoms with Crippen molar-refractivity contribution in [1.82, 2.24) is 5.43 Å². The van der Waals surface area contributed by atoms with Gasteiger partial charge in [0.25, 0.3) is 0 Å². The fraction of sp³-hybridized carbons (Fsp3) is 0.125. The van der Waals surface area contributed by atoms with Crippen molar-refractivity contribution < 1.29 is 8.78 Å². The lowest BCUT2D eigenvalue weighted by molar-refractivity contribution is 0.524. The molecule has 108 valence electrons. The number of thiophene rings is 1. The van der Waals surface area contributed by atoms with E-state index in [1.54, 1.807) is 11.3 Å². The van der Waals surface area contributed by atoms with Crippen LogP contribution in [0.2, 0.25) is 0 Å². The molecule has 1 atom stereocenters. The Balaban J connectivity index is 1.97. The van der Waals surface area contributed by atoms with Gasteiger partial charge in [0.1, 0.15) is 11.6 Å². The Labute approximate surface area is 125 Å². The van der Waals surface area contributed by atoms with E-state index in [9.17, 15) is 8.78 Å². The van der Waals surface area contributed by atoms with Crippen LogP contribution in [-0.4, -0.2) is 0 Å². The molecule has 1 unspecified atom stereocenters. The second-order valence-corrected chi connectivity index (χ2v) is 5.76. The Morgan fingerprint density at radius 2 is 2.00 bits per heavy atom. The molecule has 0 fully saturated rings. The van der Waals surface area contributed by atoms with Gasteiger partial charge in [-0.1, -0.05) is 24.3 Å². The smallest absolute Gasteiger partial charge is 0.129 e. The summed E-state index contributed by atoms with van der Waals surface area (Å²) in [6, 6.07) is 11.4. The lowest BCUT2D eigenvalue weighted by atomic mass is 9.98. The van der Waals surface area contributed by atoms with Crippen molar-refractivity contribution in [3.05, 3.63) is 70.6 Å². The zero-order valence-corrected chi connectivity index (χ0v) is 12.0. The fourth-order valence-corrected chi connectivity index (χ4v) is 3.43. The lowest BCUT2D eigenvalue weighted by Crippen LogP contribution is -2.29. The molecule has 0 aliphatic carbocycles. The summed E-state index contributed by atoms with van der Waals surface area (Å²) >= 11 is 1.63. The molecule has 0 radical (unpaired) electrons. The van der Waals surface area contributed by atoms with Gasteiger partial charge in [-0.2, -0.15) is 0 Å². The largest absolute Gasteiger partial charge is 0.271 e. The maximum atomic E-state index is 13.8. The van der Waals surface area contributed by atoms with Crippen LogP contribution in [-0.2, 0) is 6.42 Å². The molecule has 3 rings (SSSR count). The van der Waals surface area contributed by atoms with Gasteiger partial charge in [0.2, 0.25) is 0 Å². The Kier molecular flexibility index (Phi) is 3.96. The minimum absolute atomic E-state index is 0.229. The molecule has 0 aliphatic rings. The molecule has 0 amide bonds. The Hall–Kier alpha value is -1.82. The van der Waals surface area contributed by atoms with Gasteiger partial charge in [0.05, 0.1) is 6.04 Å². The standard InChI is InChI=1S/C16H14F2N2S/c17-12-5-4-11(14(18)9-12)8-15(20-19)13-3-1-2-10-6-7-21-16(10)13/h1-7,9,15,20H,8,19H2. The van der Waals surface area contributed by atoms with Crippen LogP contribution in [0.4, 0.5) is 8.78 Å². The Morgan fingerprint density at radius 1 is 1.14 bits per heavy atom. The predicted octanol–water partition coefficient (Wildman–Crippen LogP) is 3.93. The third-order valence-electron chi connectivity index (χ3n) is 3.53. The first kappa shape index (κ1) is 14.1. The van der Waals surface area contributed by atoms with Crippen molar-refractivity contribution in [3.8, 4) is 0 Å². The van der Waals surface area contributed by atoms with Crippen LogP contribution in [0, 0.1) is 11.6 Å². The average molecular weight is 304 g/mol. The molecule has 3 aromatic rings. The van der Waals surface area contributed by atoms with Gasteiger partial charge in [-0.3, -0.25) is 11.3 Å². The summed E-state index contributed by atoms with van der Waals surface area (Å²) < 4.78 is 27.9. The number of fused-ring (bicyclic) bond motifs is 1. The summed E-state index contributed by atoms with van der Waals surface area (Å²) in [6.45, 7) is 0. The molecular weight excluding hydrogens is 290 g/mol. The molecule has 0 saturated heterocycles. The van der Waals surface area contributed by atoms with Gasteiger partial charge in [0, 0.05) is 10.8 Å². The molecule has 2 aromatic carbocycles. The topological polar surface area (TPSA) is 38.0 Å². The fourth-order valence-electron chi connectivity index (χ4n) is 2.46. The first-order chi connectivity index (χ1) is 10.2. The molecule has 2 nitrogen and oxygen atoms in total. The van der Waals surface area contributed by atoms with Gasteiger partial charge in [0.15, 0.2) is 0 Å². The molecule has 1 heterocycles. The lowest BCUT2D eigenvalue weighted by Gasteiger charge is -2.17. The molecule has 1 aromatic heterocycles.